The Labute approximate surface area is 141 Å². The molecule has 122 valence electrons. The van der Waals surface area contributed by atoms with Crippen LogP contribution in [0.5, 0.6) is 0 Å². The Hall–Kier alpha value is -2.93. The van der Waals surface area contributed by atoms with Gasteiger partial charge in [-0.15, -0.1) is 0 Å². The Morgan fingerprint density at radius 1 is 1.33 bits per heavy atom. The molecule has 0 spiro atoms. The van der Waals surface area contributed by atoms with Gasteiger partial charge in [-0.1, -0.05) is 23.7 Å². The Morgan fingerprint density at radius 2 is 2.12 bits per heavy atom. The first-order valence-corrected chi connectivity index (χ1v) is 7.38. The van der Waals surface area contributed by atoms with E-state index in [1.54, 1.807) is 48.0 Å². The maximum atomic E-state index is 12.2. The predicted octanol–water partition coefficient (Wildman–Crippen LogP) is 3.56. The van der Waals surface area contributed by atoms with Crippen LogP contribution in [-0.2, 0) is 11.3 Å². The van der Waals surface area contributed by atoms with Crippen LogP contribution in [0, 0.1) is 17.0 Å². The van der Waals surface area contributed by atoms with E-state index in [1.807, 2.05) is 0 Å². The normalized spacial score (nSPS) is 10.8. The van der Waals surface area contributed by atoms with Gasteiger partial charge in [-0.3, -0.25) is 10.1 Å². The van der Waals surface area contributed by atoms with E-state index >= 15 is 0 Å². The van der Waals surface area contributed by atoms with Crippen LogP contribution in [0.1, 0.15) is 21.6 Å². The molecule has 0 N–H and O–H groups in total. The van der Waals surface area contributed by atoms with Crippen LogP contribution in [0.15, 0.2) is 42.7 Å². The number of ether oxygens (including phenoxy) is 1. The van der Waals surface area contributed by atoms with Gasteiger partial charge in [-0.05, 0) is 25.1 Å². The molecule has 3 rings (SSSR count). The van der Waals surface area contributed by atoms with Gasteiger partial charge in [0.15, 0.2) is 0 Å². The summed E-state index contributed by atoms with van der Waals surface area (Å²) >= 11 is 5.90. The molecular formula is C16H12ClN3O4. The predicted molar refractivity (Wildman–Crippen MR) is 87.2 cm³/mol. The summed E-state index contributed by atoms with van der Waals surface area (Å²) in [5.74, 6) is -0.763. The molecule has 0 aliphatic heterocycles. The van der Waals surface area contributed by atoms with Gasteiger partial charge in [0.2, 0.25) is 0 Å². The number of fused-ring (bicyclic) bond motifs is 1. The third-order valence-corrected chi connectivity index (χ3v) is 3.68. The van der Waals surface area contributed by atoms with E-state index in [0.29, 0.717) is 21.9 Å². The number of esters is 1. The lowest BCUT2D eigenvalue weighted by molar-refractivity contribution is -0.385. The number of pyridine rings is 1. The first-order chi connectivity index (χ1) is 11.5. The number of benzene rings is 1. The number of hydrogen-bond acceptors (Lipinski definition) is 5. The van der Waals surface area contributed by atoms with Gasteiger partial charge in [-0.25, -0.2) is 9.78 Å². The fraction of sp³-hybridized carbons (Fsp3) is 0.125. The third-order valence-electron chi connectivity index (χ3n) is 3.46. The fourth-order valence-electron chi connectivity index (χ4n) is 2.37. The highest BCUT2D eigenvalue weighted by atomic mass is 35.5. The number of nitrogens with zero attached hydrogens (tertiary/aromatic N) is 3. The Kier molecular flexibility index (Phi) is 4.18. The standard InChI is InChI=1S/C16H12ClN3O4/c1-10-3-2-4-13(15(10)20(22)23)16(21)24-9-12-8-19-7-11(17)5-6-14(19)18-12/h2-8H,9H2,1H3. The number of rotatable bonds is 4. The number of imidazole rings is 1. The van der Waals surface area contributed by atoms with Crippen molar-refractivity contribution in [3.05, 3.63) is 74.7 Å². The second-order valence-corrected chi connectivity index (χ2v) is 5.59. The first-order valence-electron chi connectivity index (χ1n) is 7.00. The molecule has 0 radical (unpaired) electrons. The van der Waals surface area contributed by atoms with Crippen LogP contribution in [0.4, 0.5) is 5.69 Å². The molecule has 24 heavy (non-hydrogen) atoms. The maximum Gasteiger partial charge on any atom is 0.345 e. The Balaban J connectivity index is 1.80. The summed E-state index contributed by atoms with van der Waals surface area (Å²) in [6.45, 7) is 1.48. The monoisotopic (exact) mass is 345 g/mol. The number of aromatic nitrogens is 2. The highest BCUT2D eigenvalue weighted by molar-refractivity contribution is 6.30. The van der Waals surface area contributed by atoms with Crippen molar-refractivity contribution in [2.24, 2.45) is 0 Å². The number of aryl methyl sites for hydroxylation is 1. The van der Waals surface area contributed by atoms with Crippen molar-refractivity contribution < 1.29 is 14.5 Å². The number of nitro groups is 1. The largest absolute Gasteiger partial charge is 0.455 e. The van der Waals surface area contributed by atoms with Crippen LogP contribution >= 0.6 is 11.6 Å². The molecule has 1 aromatic carbocycles. The second kappa shape index (κ2) is 6.29. The van der Waals surface area contributed by atoms with Gasteiger partial charge in [0.05, 0.1) is 15.6 Å². The minimum Gasteiger partial charge on any atom is -0.455 e. The smallest absolute Gasteiger partial charge is 0.345 e. The van der Waals surface area contributed by atoms with Crippen molar-refractivity contribution in [1.29, 1.82) is 0 Å². The highest BCUT2D eigenvalue weighted by Crippen LogP contribution is 2.24. The molecule has 2 aromatic heterocycles. The van der Waals surface area contributed by atoms with Crippen molar-refractivity contribution >= 4 is 28.9 Å². The van der Waals surface area contributed by atoms with Gasteiger partial charge >= 0.3 is 5.97 Å². The molecule has 0 unspecified atom stereocenters. The number of halogens is 1. The molecule has 7 nitrogen and oxygen atoms in total. The van der Waals surface area contributed by atoms with Crippen molar-refractivity contribution in [3.8, 4) is 0 Å². The summed E-state index contributed by atoms with van der Waals surface area (Å²) in [6, 6.07) is 7.96. The molecule has 0 saturated heterocycles. The topological polar surface area (TPSA) is 86.7 Å². The van der Waals surface area contributed by atoms with Gasteiger partial charge in [-0.2, -0.15) is 0 Å². The number of carbonyl (C=O) groups is 1. The molecule has 0 aliphatic carbocycles. The van der Waals surface area contributed by atoms with Crippen molar-refractivity contribution in [3.63, 3.8) is 0 Å². The summed E-state index contributed by atoms with van der Waals surface area (Å²) in [5, 5.41) is 11.7. The summed E-state index contributed by atoms with van der Waals surface area (Å²) in [4.78, 5) is 27.0. The zero-order valence-electron chi connectivity index (χ0n) is 12.6. The minimum absolute atomic E-state index is 0.0770. The summed E-state index contributed by atoms with van der Waals surface area (Å²) in [5.41, 5.74) is 1.25. The van der Waals surface area contributed by atoms with Gasteiger partial charge in [0, 0.05) is 18.0 Å². The van der Waals surface area contributed by atoms with Crippen molar-refractivity contribution in [1.82, 2.24) is 9.38 Å². The molecule has 0 bridgehead atoms. The van der Waals surface area contributed by atoms with Crippen LogP contribution < -0.4 is 0 Å². The minimum atomic E-state index is -0.763. The molecule has 8 heteroatoms. The maximum absolute atomic E-state index is 12.2. The Bertz CT molecular complexity index is 952. The highest BCUT2D eigenvalue weighted by Gasteiger charge is 2.23. The molecule has 0 fully saturated rings. The summed E-state index contributed by atoms with van der Waals surface area (Å²) in [7, 11) is 0. The van der Waals surface area contributed by atoms with Gasteiger partial charge in [0.25, 0.3) is 5.69 Å². The number of nitro benzene ring substituents is 1. The second-order valence-electron chi connectivity index (χ2n) is 5.15. The van der Waals surface area contributed by atoms with Crippen molar-refractivity contribution in [2.75, 3.05) is 0 Å². The lowest BCUT2D eigenvalue weighted by Crippen LogP contribution is -2.09. The fourth-order valence-corrected chi connectivity index (χ4v) is 2.54. The number of carbonyl (C=O) groups excluding carboxylic acids is 1. The lowest BCUT2D eigenvalue weighted by atomic mass is 10.1. The van der Waals surface area contributed by atoms with Crippen LogP contribution in [0.3, 0.4) is 0 Å². The van der Waals surface area contributed by atoms with E-state index in [-0.39, 0.29) is 17.9 Å². The SMILES string of the molecule is Cc1cccc(C(=O)OCc2cn3cc(Cl)ccc3n2)c1[N+](=O)[O-]. The summed E-state index contributed by atoms with van der Waals surface area (Å²) < 4.78 is 6.88. The van der Waals surface area contributed by atoms with E-state index in [1.165, 1.54) is 6.07 Å². The Morgan fingerprint density at radius 3 is 2.88 bits per heavy atom. The molecule has 0 saturated carbocycles. The molecule has 3 aromatic rings. The lowest BCUT2D eigenvalue weighted by Gasteiger charge is -2.05. The van der Waals surface area contributed by atoms with Gasteiger partial charge in [0.1, 0.15) is 17.8 Å². The molecule has 2 heterocycles. The average molecular weight is 346 g/mol. The zero-order chi connectivity index (χ0) is 17.3. The number of para-hydroxylation sites is 1. The van der Waals surface area contributed by atoms with Crippen LogP contribution in [0.2, 0.25) is 5.02 Å². The zero-order valence-corrected chi connectivity index (χ0v) is 13.4. The van der Waals surface area contributed by atoms with E-state index in [2.05, 4.69) is 4.98 Å². The molecule has 0 atom stereocenters. The van der Waals surface area contributed by atoms with Crippen LogP contribution in [-0.4, -0.2) is 20.3 Å². The third kappa shape index (κ3) is 3.07. The van der Waals surface area contributed by atoms with Gasteiger partial charge < -0.3 is 9.14 Å². The average Bonchev–Trinajstić information content (AvgIpc) is 2.93. The quantitative estimate of drug-likeness (QED) is 0.410. The number of hydrogen-bond donors (Lipinski definition) is 0. The summed E-state index contributed by atoms with van der Waals surface area (Å²) in [6.07, 6.45) is 3.36. The van der Waals surface area contributed by atoms with Crippen LogP contribution in [0.25, 0.3) is 5.65 Å². The van der Waals surface area contributed by atoms with E-state index in [4.69, 9.17) is 16.3 Å². The van der Waals surface area contributed by atoms with E-state index in [0.717, 1.165) is 0 Å². The first kappa shape index (κ1) is 15.9. The van der Waals surface area contributed by atoms with Crippen molar-refractivity contribution in [2.45, 2.75) is 13.5 Å². The van der Waals surface area contributed by atoms with E-state index in [9.17, 15) is 14.9 Å². The molecule has 0 aliphatic rings. The van der Waals surface area contributed by atoms with E-state index < -0.39 is 10.9 Å². The molecular weight excluding hydrogens is 334 g/mol. The molecule has 0 amide bonds.